The van der Waals surface area contributed by atoms with Crippen molar-refractivity contribution in [2.75, 3.05) is 6.73 Å². The van der Waals surface area contributed by atoms with Crippen LogP contribution in [-0.4, -0.2) is 16.6 Å². The Morgan fingerprint density at radius 1 is 1.26 bits per heavy atom. The van der Waals surface area contributed by atoms with Gasteiger partial charge in [0.2, 0.25) is 0 Å². The molecule has 0 aliphatic carbocycles. The van der Waals surface area contributed by atoms with Crippen LogP contribution in [0.15, 0.2) is 51.8 Å². The lowest BCUT2D eigenvalue weighted by Crippen LogP contribution is -2.32. The lowest BCUT2D eigenvalue weighted by atomic mass is 10.0. The quantitative estimate of drug-likeness (QED) is 0.681. The summed E-state index contributed by atoms with van der Waals surface area (Å²) in [6, 6.07) is 11.3. The highest BCUT2D eigenvalue weighted by atomic mass is 16.5. The van der Waals surface area contributed by atoms with E-state index in [2.05, 4.69) is 9.88 Å². The Labute approximate surface area is 133 Å². The maximum Gasteiger partial charge on any atom is 0.336 e. The van der Waals surface area contributed by atoms with Gasteiger partial charge in [-0.3, -0.25) is 9.88 Å². The molecule has 3 aromatic rings. The van der Waals surface area contributed by atoms with E-state index in [1.165, 1.54) is 6.07 Å². The Morgan fingerprint density at radius 3 is 3.00 bits per heavy atom. The van der Waals surface area contributed by atoms with Crippen LogP contribution >= 0.6 is 0 Å². The van der Waals surface area contributed by atoms with Gasteiger partial charge in [-0.15, -0.1) is 0 Å². The number of rotatable bonds is 2. The third kappa shape index (κ3) is 2.59. The fourth-order valence-electron chi connectivity index (χ4n) is 2.96. The lowest BCUT2D eigenvalue weighted by Gasteiger charge is -2.29. The summed E-state index contributed by atoms with van der Waals surface area (Å²) < 4.78 is 11.3. The summed E-state index contributed by atoms with van der Waals surface area (Å²) in [7, 11) is 0. The van der Waals surface area contributed by atoms with E-state index in [-0.39, 0.29) is 5.63 Å². The number of fused-ring (bicyclic) bond motifs is 3. The summed E-state index contributed by atoms with van der Waals surface area (Å²) >= 11 is 0. The second-order valence-electron chi connectivity index (χ2n) is 5.75. The minimum Gasteiger partial charge on any atom is -0.478 e. The molecule has 2 aromatic heterocycles. The van der Waals surface area contributed by atoms with Crippen molar-refractivity contribution in [1.82, 2.24) is 9.88 Å². The molecule has 5 nitrogen and oxygen atoms in total. The molecule has 0 amide bonds. The van der Waals surface area contributed by atoms with E-state index < -0.39 is 0 Å². The third-order valence-electron chi connectivity index (χ3n) is 4.08. The van der Waals surface area contributed by atoms with Gasteiger partial charge in [0.05, 0.1) is 11.3 Å². The van der Waals surface area contributed by atoms with Gasteiger partial charge < -0.3 is 9.15 Å². The second kappa shape index (κ2) is 5.52. The Bertz CT molecular complexity index is 919. The van der Waals surface area contributed by atoms with Crippen LogP contribution in [0.25, 0.3) is 11.0 Å². The van der Waals surface area contributed by atoms with Crippen LogP contribution in [0.5, 0.6) is 5.75 Å². The van der Waals surface area contributed by atoms with Crippen molar-refractivity contribution in [2.45, 2.75) is 20.0 Å². The molecule has 1 aromatic carbocycles. The number of aryl methyl sites for hydroxylation is 1. The summed E-state index contributed by atoms with van der Waals surface area (Å²) in [6.45, 7) is 3.76. The lowest BCUT2D eigenvalue weighted by molar-refractivity contribution is 0.0878. The number of benzene rings is 1. The Morgan fingerprint density at radius 2 is 2.17 bits per heavy atom. The van der Waals surface area contributed by atoms with Crippen molar-refractivity contribution in [2.24, 2.45) is 0 Å². The molecule has 0 atom stereocenters. The van der Waals surface area contributed by atoms with E-state index in [1.807, 2.05) is 37.3 Å². The zero-order valence-corrected chi connectivity index (χ0v) is 12.8. The zero-order valence-electron chi connectivity index (χ0n) is 12.8. The van der Waals surface area contributed by atoms with Crippen LogP contribution in [0, 0.1) is 6.92 Å². The monoisotopic (exact) mass is 308 g/mol. The molecule has 23 heavy (non-hydrogen) atoms. The predicted molar refractivity (Wildman–Crippen MR) is 86.2 cm³/mol. The van der Waals surface area contributed by atoms with Crippen LogP contribution in [0.1, 0.15) is 16.8 Å². The van der Waals surface area contributed by atoms with Crippen LogP contribution in [0.3, 0.4) is 0 Å². The molecule has 0 saturated carbocycles. The van der Waals surface area contributed by atoms with E-state index in [1.54, 1.807) is 6.20 Å². The minimum absolute atomic E-state index is 0.328. The van der Waals surface area contributed by atoms with Gasteiger partial charge in [0.1, 0.15) is 18.1 Å². The highest BCUT2D eigenvalue weighted by Crippen LogP contribution is 2.33. The second-order valence-corrected chi connectivity index (χ2v) is 5.75. The summed E-state index contributed by atoms with van der Waals surface area (Å²) in [5.74, 6) is 0.781. The van der Waals surface area contributed by atoms with Gasteiger partial charge in [0.15, 0.2) is 0 Å². The minimum atomic E-state index is -0.328. The molecule has 116 valence electrons. The molecule has 1 aliphatic heterocycles. The Balaban J connectivity index is 1.73. The van der Waals surface area contributed by atoms with E-state index in [0.717, 1.165) is 28.0 Å². The van der Waals surface area contributed by atoms with Gasteiger partial charge in [0.25, 0.3) is 0 Å². The van der Waals surface area contributed by atoms with Crippen molar-refractivity contribution < 1.29 is 9.15 Å². The van der Waals surface area contributed by atoms with Crippen molar-refractivity contribution in [3.8, 4) is 5.75 Å². The topological polar surface area (TPSA) is 55.6 Å². The molecule has 5 heteroatoms. The fourth-order valence-corrected chi connectivity index (χ4v) is 2.96. The van der Waals surface area contributed by atoms with Crippen LogP contribution in [0.2, 0.25) is 0 Å². The number of ether oxygens (including phenoxy) is 1. The molecule has 0 unspecified atom stereocenters. The maximum absolute atomic E-state index is 11.7. The first kappa shape index (κ1) is 14.0. The first-order valence-electron chi connectivity index (χ1n) is 7.52. The highest BCUT2D eigenvalue weighted by molar-refractivity contribution is 5.85. The molecule has 0 radical (unpaired) electrons. The maximum atomic E-state index is 11.7. The molecule has 4 rings (SSSR count). The number of hydrogen-bond donors (Lipinski definition) is 0. The summed E-state index contributed by atoms with van der Waals surface area (Å²) in [6.07, 6.45) is 1.78. The molecular formula is C18H16N2O3. The molecular weight excluding hydrogens is 292 g/mol. The van der Waals surface area contributed by atoms with Crippen molar-refractivity contribution in [3.05, 3.63) is 69.8 Å². The molecule has 0 bridgehead atoms. The SMILES string of the molecule is Cc1cc(=O)oc2c3c(ccc12)OCN(Cc1ccccn1)C3. The largest absolute Gasteiger partial charge is 0.478 e. The average Bonchev–Trinajstić information content (AvgIpc) is 2.55. The summed E-state index contributed by atoms with van der Waals surface area (Å²) in [5, 5.41) is 0.951. The zero-order chi connectivity index (χ0) is 15.8. The fraction of sp³-hybridized carbons (Fsp3) is 0.222. The molecule has 0 saturated heterocycles. The van der Waals surface area contributed by atoms with Gasteiger partial charge in [-0.2, -0.15) is 0 Å². The first-order chi connectivity index (χ1) is 11.2. The highest BCUT2D eigenvalue weighted by Gasteiger charge is 2.22. The standard InChI is InChI=1S/C18H16N2O3/c1-12-8-17(21)23-18-14(12)5-6-16-15(18)10-20(11-22-16)9-13-4-2-3-7-19-13/h2-8H,9-11H2,1H3. The van der Waals surface area contributed by atoms with Gasteiger partial charge in [-0.1, -0.05) is 6.07 Å². The van der Waals surface area contributed by atoms with E-state index in [9.17, 15) is 4.79 Å². The average molecular weight is 308 g/mol. The van der Waals surface area contributed by atoms with Crippen molar-refractivity contribution in [3.63, 3.8) is 0 Å². The number of pyridine rings is 1. The molecule has 0 fully saturated rings. The van der Waals surface area contributed by atoms with Crippen LogP contribution in [0.4, 0.5) is 0 Å². The number of aromatic nitrogens is 1. The van der Waals surface area contributed by atoms with Crippen LogP contribution in [-0.2, 0) is 13.1 Å². The first-order valence-corrected chi connectivity index (χ1v) is 7.52. The van der Waals surface area contributed by atoms with Crippen molar-refractivity contribution >= 4 is 11.0 Å². The smallest absolute Gasteiger partial charge is 0.336 e. The number of nitrogens with zero attached hydrogens (tertiary/aromatic N) is 2. The van der Waals surface area contributed by atoms with Gasteiger partial charge in [-0.25, -0.2) is 4.79 Å². The Kier molecular flexibility index (Phi) is 3.35. The third-order valence-corrected chi connectivity index (χ3v) is 4.08. The molecule has 0 N–H and O–H groups in total. The Hall–Kier alpha value is -2.66. The molecule has 1 aliphatic rings. The number of hydrogen-bond acceptors (Lipinski definition) is 5. The summed E-state index contributed by atoms with van der Waals surface area (Å²) in [5.41, 5.74) is 3.12. The van der Waals surface area contributed by atoms with Crippen LogP contribution < -0.4 is 10.4 Å². The van der Waals surface area contributed by atoms with Crippen molar-refractivity contribution in [1.29, 1.82) is 0 Å². The van der Waals surface area contributed by atoms with Gasteiger partial charge in [-0.05, 0) is 36.8 Å². The molecule has 3 heterocycles. The van der Waals surface area contributed by atoms with Gasteiger partial charge >= 0.3 is 5.63 Å². The normalized spacial score (nSPS) is 14.5. The van der Waals surface area contributed by atoms with Gasteiger partial charge in [0, 0.05) is 30.7 Å². The van der Waals surface area contributed by atoms with E-state index in [4.69, 9.17) is 9.15 Å². The molecule has 0 spiro atoms. The van der Waals surface area contributed by atoms with E-state index in [0.29, 0.717) is 25.4 Å². The van der Waals surface area contributed by atoms with E-state index >= 15 is 0 Å². The summed E-state index contributed by atoms with van der Waals surface area (Å²) in [4.78, 5) is 18.2. The predicted octanol–water partition coefficient (Wildman–Crippen LogP) is 2.85.